The molecule has 0 amide bonds. The number of allylic oxidation sites excluding steroid dienone is 3. The topological polar surface area (TPSA) is 3.24 Å². The van der Waals surface area contributed by atoms with Crippen LogP contribution in [0.3, 0.4) is 0 Å². The SMILES string of the molecule is C#CC1=CC=CN(Cc2ccc(F)c(F)c2)C1=C. The van der Waals surface area contributed by atoms with Crippen LogP contribution in [0.1, 0.15) is 5.56 Å². The Balaban J connectivity index is 2.18. The van der Waals surface area contributed by atoms with Crippen LogP contribution < -0.4 is 0 Å². The summed E-state index contributed by atoms with van der Waals surface area (Å²) < 4.78 is 25.9. The van der Waals surface area contributed by atoms with Crippen molar-refractivity contribution in [2.24, 2.45) is 0 Å². The summed E-state index contributed by atoms with van der Waals surface area (Å²) in [6, 6.07) is 3.82. The van der Waals surface area contributed by atoms with Gasteiger partial charge in [-0.1, -0.05) is 18.6 Å². The molecule has 1 aliphatic rings. The minimum absolute atomic E-state index is 0.394. The van der Waals surface area contributed by atoms with Crippen LogP contribution in [0.25, 0.3) is 0 Å². The standard InChI is InChI=1S/C15H11F2N/c1-3-13-5-4-8-18(11(13)2)10-12-6-7-14(16)15(17)9-12/h1,4-9H,2,10H2. The van der Waals surface area contributed by atoms with Gasteiger partial charge in [0.25, 0.3) is 0 Å². The van der Waals surface area contributed by atoms with Gasteiger partial charge in [-0.2, -0.15) is 0 Å². The first-order chi connectivity index (χ1) is 8.61. The summed E-state index contributed by atoms with van der Waals surface area (Å²) in [5, 5.41) is 0. The van der Waals surface area contributed by atoms with Crippen molar-refractivity contribution in [1.82, 2.24) is 4.90 Å². The van der Waals surface area contributed by atoms with E-state index in [2.05, 4.69) is 12.5 Å². The molecule has 0 bridgehead atoms. The normalized spacial score (nSPS) is 14.4. The van der Waals surface area contributed by atoms with E-state index in [4.69, 9.17) is 6.42 Å². The number of rotatable bonds is 2. The van der Waals surface area contributed by atoms with Crippen molar-refractivity contribution >= 4 is 0 Å². The molecule has 3 heteroatoms. The van der Waals surface area contributed by atoms with Gasteiger partial charge in [-0.25, -0.2) is 8.78 Å². The van der Waals surface area contributed by atoms with Crippen LogP contribution in [0.5, 0.6) is 0 Å². The van der Waals surface area contributed by atoms with Crippen LogP contribution in [0, 0.1) is 24.0 Å². The van der Waals surface area contributed by atoms with Crippen molar-refractivity contribution in [1.29, 1.82) is 0 Å². The predicted molar refractivity (Wildman–Crippen MR) is 67.1 cm³/mol. The van der Waals surface area contributed by atoms with Crippen LogP contribution >= 0.6 is 0 Å². The zero-order valence-corrected chi connectivity index (χ0v) is 9.66. The van der Waals surface area contributed by atoms with Gasteiger partial charge in [0.1, 0.15) is 0 Å². The van der Waals surface area contributed by atoms with Gasteiger partial charge in [-0.3, -0.25) is 0 Å². The lowest BCUT2D eigenvalue weighted by molar-refractivity contribution is 0.460. The Labute approximate surface area is 105 Å². The second-order valence-electron chi connectivity index (χ2n) is 3.89. The molecule has 0 N–H and O–H groups in total. The van der Waals surface area contributed by atoms with E-state index in [1.54, 1.807) is 23.3 Å². The summed E-state index contributed by atoms with van der Waals surface area (Å²) in [7, 11) is 0. The Morgan fingerprint density at radius 3 is 2.72 bits per heavy atom. The van der Waals surface area contributed by atoms with E-state index < -0.39 is 11.6 Å². The highest BCUT2D eigenvalue weighted by molar-refractivity contribution is 5.47. The number of hydrogen-bond donors (Lipinski definition) is 0. The minimum Gasteiger partial charge on any atom is -0.343 e. The van der Waals surface area contributed by atoms with Gasteiger partial charge in [-0.05, 0) is 29.8 Å². The summed E-state index contributed by atoms with van der Waals surface area (Å²) in [5.41, 5.74) is 2.00. The highest BCUT2D eigenvalue weighted by atomic mass is 19.2. The number of halogens is 2. The molecule has 2 rings (SSSR count). The minimum atomic E-state index is -0.855. The number of nitrogens with zero attached hydrogens (tertiary/aromatic N) is 1. The smallest absolute Gasteiger partial charge is 0.159 e. The molecule has 0 unspecified atom stereocenters. The Bertz CT molecular complexity index is 591. The monoisotopic (exact) mass is 243 g/mol. The van der Waals surface area contributed by atoms with Gasteiger partial charge in [0.2, 0.25) is 0 Å². The van der Waals surface area contributed by atoms with Gasteiger partial charge in [0.15, 0.2) is 11.6 Å². The molecule has 0 fully saturated rings. The molecule has 0 saturated heterocycles. The number of benzene rings is 1. The molecule has 90 valence electrons. The van der Waals surface area contributed by atoms with E-state index in [0.29, 0.717) is 23.4 Å². The summed E-state index contributed by atoms with van der Waals surface area (Å²) in [4.78, 5) is 1.79. The quantitative estimate of drug-likeness (QED) is 0.720. The molecule has 18 heavy (non-hydrogen) atoms. The zero-order chi connectivity index (χ0) is 13.1. The van der Waals surface area contributed by atoms with Crippen LogP contribution in [-0.2, 0) is 6.54 Å². The average molecular weight is 243 g/mol. The third-order valence-corrected chi connectivity index (χ3v) is 2.68. The van der Waals surface area contributed by atoms with Crippen LogP contribution in [0.15, 0.2) is 54.4 Å². The van der Waals surface area contributed by atoms with Crippen LogP contribution in [-0.4, -0.2) is 4.90 Å². The fourth-order valence-corrected chi connectivity index (χ4v) is 1.70. The predicted octanol–water partition coefficient (Wildman–Crippen LogP) is 3.37. The first kappa shape index (κ1) is 12.1. The molecule has 1 nitrogen and oxygen atoms in total. The molecule has 0 aliphatic carbocycles. The second kappa shape index (κ2) is 4.89. The number of hydrogen-bond acceptors (Lipinski definition) is 1. The lowest BCUT2D eigenvalue weighted by atomic mass is 10.1. The highest BCUT2D eigenvalue weighted by Crippen LogP contribution is 2.21. The Kier molecular flexibility index (Phi) is 3.29. The summed E-state index contributed by atoms with van der Waals surface area (Å²) >= 11 is 0. The van der Waals surface area contributed by atoms with E-state index in [9.17, 15) is 8.78 Å². The molecule has 1 heterocycles. The van der Waals surface area contributed by atoms with Crippen molar-refractivity contribution in [3.8, 4) is 12.3 Å². The fourth-order valence-electron chi connectivity index (χ4n) is 1.70. The number of terminal acetylenes is 1. The van der Waals surface area contributed by atoms with Crippen molar-refractivity contribution in [3.05, 3.63) is 71.6 Å². The molecule has 1 aliphatic heterocycles. The maximum absolute atomic E-state index is 13.1. The molecule has 0 spiro atoms. The molecular weight excluding hydrogens is 232 g/mol. The van der Waals surface area contributed by atoms with Crippen LogP contribution in [0.4, 0.5) is 8.78 Å². The molecule has 0 radical (unpaired) electrons. The van der Waals surface area contributed by atoms with Gasteiger partial charge in [0, 0.05) is 24.0 Å². The summed E-state index contributed by atoms with van der Waals surface area (Å²) in [6.45, 7) is 4.27. The van der Waals surface area contributed by atoms with Crippen molar-refractivity contribution in [2.75, 3.05) is 0 Å². The summed E-state index contributed by atoms with van der Waals surface area (Å²) in [5.74, 6) is 0.819. The Morgan fingerprint density at radius 1 is 1.28 bits per heavy atom. The lowest BCUT2D eigenvalue weighted by Gasteiger charge is -2.25. The maximum Gasteiger partial charge on any atom is 0.159 e. The third kappa shape index (κ3) is 2.33. The Hall–Kier alpha value is -2.34. The third-order valence-electron chi connectivity index (χ3n) is 2.68. The second-order valence-corrected chi connectivity index (χ2v) is 3.89. The zero-order valence-electron chi connectivity index (χ0n) is 9.66. The first-order valence-corrected chi connectivity index (χ1v) is 5.37. The van der Waals surface area contributed by atoms with Gasteiger partial charge in [-0.15, -0.1) is 6.42 Å². The van der Waals surface area contributed by atoms with Gasteiger partial charge in [0.05, 0.1) is 0 Å². The van der Waals surface area contributed by atoms with Gasteiger partial charge < -0.3 is 4.90 Å². The van der Waals surface area contributed by atoms with Crippen molar-refractivity contribution in [3.63, 3.8) is 0 Å². The van der Waals surface area contributed by atoms with Crippen molar-refractivity contribution in [2.45, 2.75) is 6.54 Å². The largest absolute Gasteiger partial charge is 0.343 e. The molecule has 0 saturated carbocycles. The van der Waals surface area contributed by atoms with E-state index >= 15 is 0 Å². The molecule has 1 aromatic carbocycles. The van der Waals surface area contributed by atoms with Crippen molar-refractivity contribution < 1.29 is 8.78 Å². The maximum atomic E-state index is 13.1. The molecular formula is C15H11F2N. The summed E-state index contributed by atoms with van der Waals surface area (Å²) in [6.07, 6.45) is 10.7. The fraction of sp³-hybridized carbons (Fsp3) is 0.0667. The van der Waals surface area contributed by atoms with E-state index in [-0.39, 0.29) is 0 Å². The van der Waals surface area contributed by atoms with E-state index in [1.807, 2.05) is 0 Å². The lowest BCUT2D eigenvalue weighted by Crippen LogP contribution is -2.18. The highest BCUT2D eigenvalue weighted by Gasteiger charge is 2.12. The molecule has 0 atom stereocenters. The average Bonchev–Trinajstić information content (AvgIpc) is 2.36. The van der Waals surface area contributed by atoms with E-state index in [0.717, 1.165) is 6.07 Å². The van der Waals surface area contributed by atoms with E-state index in [1.165, 1.54) is 12.1 Å². The molecule has 1 aromatic rings. The van der Waals surface area contributed by atoms with Gasteiger partial charge >= 0.3 is 0 Å². The Morgan fingerprint density at radius 2 is 2.06 bits per heavy atom. The first-order valence-electron chi connectivity index (χ1n) is 5.37. The van der Waals surface area contributed by atoms with Crippen LogP contribution in [0.2, 0.25) is 0 Å². The molecule has 0 aromatic heterocycles.